The van der Waals surface area contributed by atoms with Crippen LogP contribution >= 0.6 is 11.8 Å². The number of pyridine rings is 1. The van der Waals surface area contributed by atoms with Crippen LogP contribution in [0.4, 0.5) is 11.4 Å². The number of hydrogen-bond donors (Lipinski definition) is 2. The monoisotopic (exact) mass is 423 g/mol. The summed E-state index contributed by atoms with van der Waals surface area (Å²) >= 11 is 1.91. The molecule has 1 amide bonds. The third-order valence-electron chi connectivity index (χ3n) is 4.72. The Balaban J connectivity index is 1.53. The average Bonchev–Trinajstić information content (AvgIpc) is 2.78. The van der Waals surface area contributed by atoms with Gasteiger partial charge in [0.05, 0.1) is 36.1 Å². The van der Waals surface area contributed by atoms with Crippen molar-refractivity contribution < 1.29 is 9.53 Å². The van der Waals surface area contributed by atoms with Crippen molar-refractivity contribution >= 4 is 39.9 Å². The molecule has 0 saturated heterocycles. The Bertz CT molecular complexity index is 934. The first-order valence-electron chi connectivity index (χ1n) is 10.4. The van der Waals surface area contributed by atoms with Gasteiger partial charge in [-0.05, 0) is 36.8 Å². The molecule has 0 spiro atoms. The first-order chi connectivity index (χ1) is 14.8. The molecule has 30 heavy (non-hydrogen) atoms. The summed E-state index contributed by atoms with van der Waals surface area (Å²) in [6.45, 7) is 1.25. The summed E-state index contributed by atoms with van der Waals surface area (Å²) in [4.78, 5) is 18.0. The average molecular weight is 424 g/mol. The van der Waals surface area contributed by atoms with E-state index in [0.717, 1.165) is 47.4 Å². The summed E-state index contributed by atoms with van der Waals surface area (Å²) in [6, 6.07) is 18.5. The molecule has 158 valence electrons. The van der Waals surface area contributed by atoms with Crippen molar-refractivity contribution in [1.29, 1.82) is 0 Å². The van der Waals surface area contributed by atoms with E-state index in [4.69, 9.17) is 4.74 Å². The van der Waals surface area contributed by atoms with E-state index in [9.17, 15) is 4.79 Å². The van der Waals surface area contributed by atoms with Crippen LogP contribution in [0.2, 0.25) is 0 Å². The first kappa shape index (κ1) is 22.1. The lowest BCUT2D eigenvalue weighted by Gasteiger charge is -2.15. The molecular weight excluding hydrogens is 394 g/mol. The number of aromatic nitrogens is 1. The summed E-state index contributed by atoms with van der Waals surface area (Å²) in [6.07, 6.45) is 5.46. The summed E-state index contributed by atoms with van der Waals surface area (Å²) < 4.78 is 5.00. The van der Waals surface area contributed by atoms with E-state index in [-0.39, 0.29) is 5.91 Å². The lowest BCUT2D eigenvalue weighted by molar-refractivity contribution is -0.117. The Kier molecular flexibility index (Phi) is 9.00. The molecule has 0 unspecified atom stereocenters. The van der Waals surface area contributed by atoms with Gasteiger partial charge in [0.15, 0.2) is 0 Å². The molecule has 3 aromatic rings. The second-order valence-electron chi connectivity index (χ2n) is 7.00. The number of rotatable bonds is 12. The first-order valence-corrected chi connectivity index (χ1v) is 11.3. The third-order valence-corrected chi connectivity index (χ3v) is 5.82. The second-order valence-corrected chi connectivity index (χ2v) is 8.17. The minimum atomic E-state index is -0.0742. The van der Waals surface area contributed by atoms with Crippen LogP contribution in [0, 0.1) is 0 Å². The van der Waals surface area contributed by atoms with Gasteiger partial charge in [-0.15, -0.1) is 11.8 Å². The van der Waals surface area contributed by atoms with Crippen LogP contribution in [0.25, 0.3) is 10.9 Å². The zero-order valence-corrected chi connectivity index (χ0v) is 18.2. The maximum atomic E-state index is 12.2. The number of unbranched alkanes of at least 4 members (excludes halogenated alkanes) is 2. The van der Waals surface area contributed by atoms with E-state index in [1.165, 1.54) is 11.3 Å². The van der Waals surface area contributed by atoms with Crippen LogP contribution < -0.4 is 10.6 Å². The number of benzene rings is 2. The molecule has 3 rings (SSSR count). The van der Waals surface area contributed by atoms with E-state index in [2.05, 4.69) is 39.9 Å². The molecule has 1 aromatic heterocycles. The summed E-state index contributed by atoms with van der Waals surface area (Å²) in [7, 11) is 1.59. The molecular formula is C24H29N3O2S. The highest BCUT2D eigenvalue weighted by Crippen LogP contribution is 2.30. The molecule has 6 heteroatoms. The molecule has 0 radical (unpaired) electrons. The number of amides is 1. The van der Waals surface area contributed by atoms with E-state index >= 15 is 0 Å². The van der Waals surface area contributed by atoms with Crippen LogP contribution in [-0.2, 0) is 9.53 Å². The highest BCUT2D eigenvalue weighted by Gasteiger charge is 2.11. The number of methoxy groups -OCH3 is 1. The van der Waals surface area contributed by atoms with Crippen molar-refractivity contribution in [3.8, 4) is 0 Å². The minimum Gasteiger partial charge on any atom is -0.384 e. The number of carbonyl (C=O) groups is 1. The maximum absolute atomic E-state index is 12.2. The number of thioether (sulfide) groups is 1. The highest BCUT2D eigenvalue weighted by molar-refractivity contribution is 7.99. The number of anilines is 2. The number of ether oxygens (including phenoxy) is 1. The maximum Gasteiger partial charge on any atom is 0.226 e. The van der Waals surface area contributed by atoms with Gasteiger partial charge in [-0.25, -0.2) is 0 Å². The topological polar surface area (TPSA) is 63.2 Å². The highest BCUT2D eigenvalue weighted by atomic mass is 32.2. The summed E-state index contributed by atoms with van der Waals surface area (Å²) in [5, 5.41) is 7.52. The van der Waals surface area contributed by atoms with Crippen molar-refractivity contribution in [2.45, 2.75) is 30.6 Å². The van der Waals surface area contributed by atoms with E-state index in [0.29, 0.717) is 13.0 Å². The second kappa shape index (κ2) is 12.2. The van der Waals surface area contributed by atoms with Gasteiger partial charge in [0.1, 0.15) is 0 Å². The van der Waals surface area contributed by atoms with Crippen LogP contribution in [0.5, 0.6) is 0 Å². The van der Waals surface area contributed by atoms with Crippen molar-refractivity contribution in [2.75, 3.05) is 36.6 Å². The Morgan fingerprint density at radius 3 is 2.67 bits per heavy atom. The van der Waals surface area contributed by atoms with Crippen molar-refractivity contribution in [3.05, 3.63) is 60.8 Å². The van der Waals surface area contributed by atoms with E-state index < -0.39 is 0 Å². The van der Waals surface area contributed by atoms with Gasteiger partial charge in [0.25, 0.3) is 0 Å². The van der Waals surface area contributed by atoms with E-state index in [1.54, 1.807) is 13.3 Å². The number of nitrogens with zero attached hydrogens (tertiary/aromatic N) is 1. The molecule has 0 aliphatic carbocycles. The fourth-order valence-electron chi connectivity index (χ4n) is 3.16. The van der Waals surface area contributed by atoms with Gasteiger partial charge in [-0.1, -0.05) is 42.8 Å². The van der Waals surface area contributed by atoms with Gasteiger partial charge >= 0.3 is 0 Å². The Morgan fingerprint density at radius 2 is 1.83 bits per heavy atom. The van der Waals surface area contributed by atoms with E-state index in [1.807, 2.05) is 42.1 Å². The molecule has 1 heterocycles. The third kappa shape index (κ3) is 6.75. The fraction of sp³-hybridized carbons (Fsp3) is 0.333. The SMILES string of the molecule is COCCC(=O)Nc1cnc2ccccc2c1NCCCCCSc1ccccc1. The molecule has 0 aliphatic rings. The molecule has 0 saturated carbocycles. The van der Waals surface area contributed by atoms with Gasteiger partial charge in [0.2, 0.25) is 5.91 Å². The van der Waals surface area contributed by atoms with Gasteiger partial charge in [-0.2, -0.15) is 0 Å². The Labute approximate surface area is 182 Å². The largest absolute Gasteiger partial charge is 0.384 e. The quantitative estimate of drug-likeness (QED) is 0.294. The number of nitrogens with one attached hydrogen (secondary N) is 2. The van der Waals surface area contributed by atoms with Crippen molar-refractivity contribution in [2.24, 2.45) is 0 Å². The van der Waals surface area contributed by atoms with Crippen LogP contribution in [0.1, 0.15) is 25.7 Å². The fourth-order valence-corrected chi connectivity index (χ4v) is 4.09. The van der Waals surface area contributed by atoms with Crippen LogP contribution in [0.3, 0.4) is 0 Å². The minimum absolute atomic E-state index is 0.0742. The van der Waals surface area contributed by atoms with Crippen molar-refractivity contribution in [1.82, 2.24) is 4.98 Å². The zero-order valence-electron chi connectivity index (χ0n) is 17.4. The molecule has 0 fully saturated rings. The Hall–Kier alpha value is -2.57. The normalized spacial score (nSPS) is 10.8. The number of hydrogen-bond acceptors (Lipinski definition) is 5. The lowest BCUT2D eigenvalue weighted by atomic mass is 10.1. The summed E-state index contributed by atoms with van der Waals surface area (Å²) in [5.41, 5.74) is 2.56. The molecule has 5 nitrogen and oxygen atoms in total. The lowest BCUT2D eigenvalue weighted by Crippen LogP contribution is -2.16. The number of para-hydroxylation sites is 1. The van der Waals surface area contributed by atoms with Gasteiger partial charge < -0.3 is 15.4 Å². The molecule has 0 atom stereocenters. The predicted octanol–water partition coefficient (Wildman–Crippen LogP) is 5.58. The number of carbonyl (C=O) groups excluding carboxylic acids is 1. The summed E-state index contributed by atoms with van der Waals surface area (Å²) in [5.74, 6) is 1.05. The molecule has 2 aromatic carbocycles. The van der Waals surface area contributed by atoms with Gasteiger partial charge in [-0.3, -0.25) is 9.78 Å². The van der Waals surface area contributed by atoms with Crippen molar-refractivity contribution in [3.63, 3.8) is 0 Å². The molecule has 2 N–H and O–H groups in total. The molecule has 0 aliphatic heterocycles. The van der Waals surface area contributed by atoms with Gasteiger partial charge in [0, 0.05) is 23.9 Å². The van der Waals surface area contributed by atoms with Crippen LogP contribution in [-0.4, -0.2) is 36.9 Å². The standard InChI is InChI=1S/C24H29N3O2S/c1-29-16-14-23(28)27-22-18-26-21-13-7-6-12-20(21)24(22)25-15-8-3-9-17-30-19-10-4-2-5-11-19/h2,4-7,10-13,18H,3,8-9,14-17H2,1H3,(H,25,26)(H,27,28). The Morgan fingerprint density at radius 1 is 1.03 bits per heavy atom. The molecule has 0 bridgehead atoms. The zero-order chi connectivity index (χ0) is 21.0. The van der Waals surface area contributed by atoms with Crippen LogP contribution in [0.15, 0.2) is 65.7 Å². The number of fused-ring (bicyclic) bond motifs is 1. The smallest absolute Gasteiger partial charge is 0.226 e. The predicted molar refractivity (Wildman–Crippen MR) is 126 cm³/mol.